The lowest BCUT2D eigenvalue weighted by molar-refractivity contribution is 0.319. The van der Waals surface area contributed by atoms with Crippen LogP contribution in [0.2, 0.25) is 0 Å². The third kappa shape index (κ3) is 6.71. The van der Waals surface area contributed by atoms with Crippen molar-refractivity contribution >= 4 is 20.8 Å². The molecular weight excluding hydrogens is 202 g/mol. The van der Waals surface area contributed by atoms with Crippen molar-refractivity contribution in [3.8, 4) is 0 Å². The molecule has 12 heavy (non-hydrogen) atoms. The Bertz CT molecular complexity index is 236. The van der Waals surface area contributed by atoms with Crippen molar-refractivity contribution in [3.05, 3.63) is 0 Å². The van der Waals surface area contributed by atoms with Crippen molar-refractivity contribution < 1.29 is 17.7 Å². The first kappa shape index (κ1) is 12.0. The van der Waals surface area contributed by atoms with E-state index in [0.717, 1.165) is 0 Å². The molecule has 7 heteroatoms. The van der Waals surface area contributed by atoms with E-state index in [0.29, 0.717) is 5.75 Å². The number of rotatable bonds is 6. The van der Waals surface area contributed by atoms with Crippen LogP contribution in [0.15, 0.2) is 0 Å². The molecule has 74 valence electrons. The SMILES string of the molecule is CS(=O)CCNS(=O)(=O)CCO. The Hall–Kier alpha value is 0.0200. The molecule has 0 aliphatic carbocycles. The van der Waals surface area contributed by atoms with Crippen LogP contribution in [0.3, 0.4) is 0 Å². The van der Waals surface area contributed by atoms with E-state index in [4.69, 9.17) is 5.11 Å². The van der Waals surface area contributed by atoms with E-state index in [1.54, 1.807) is 0 Å². The summed E-state index contributed by atoms with van der Waals surface area (Å²) in [7, 11) is -4.36. The topological polar surface area (TPSA) is 83.5 Å². The van der Waals surface area contributed by atoms with Crippen molar-refractivity contribution in [1.82, 2.24) is 4.72 Å². The molecule has 0 amide bonds. The quantitative estimate of drug-likeness (QED) is 0.552. The molecule has 0 spiro atoms. The third-order valence-corrected chi connectivity index (χ3v) is 3.21. The Kier molecular flexibility index (Phi) is 5.64. The Morgan fingerprint density at radius 3 is 2.50 bits per heavy atom. The van der Waals surface area contributed by atoms with Gasteiger partial charge in [0.1, 0.15) is 0 Å². The van der Waals surface area contributed by atoms with Gasteiger partial charge in [-0.1, -0.05) is 0 Å². The summed E-state index contributed by atoms with van der Waals surface area (Å²) in [4.78, 5) is 0. The molecule has 0 aliphatic heterocycles. The molecule has 0 aromatic rings. The van der Waals surface area contributed by atoms with Crippen LogP contribution in [0, 0.1) is 0 Å². The highest BCUT2D eigenvalue weighted by molar-refractivity contribution is 7.89. The summed E-state index contributed by atoms with van der Waals surface area (Å²) in [6.45, 7) is -0.240. The van der Waals surface area contributed by atoms with E-state index in [2.05, 4.69) is 4.72 Å². The molecule has 2 N–H and O–H groups in total. The maximum absolute atomic E-state index is 10.8. The first-order chi connectivity index (χ1) is 5.48. The van der Waals surface area contributed by atoms with Crippen LogP contribution in [-0.2, 0) is 20.8 Å². The minimum Gasteiger partial charge on any atom is -0.395 e. The van der Waals surface area contributed by atoms with Crippen LogP contribution in [-0.4, -0.2) is 48.6 Å². The molecule has 0 bridgehead atoms. The lowest BCUT2D eigenvalue weighted by atomic mass is 10.8. The smallest absolute Gasteiger partial charge is 0.213 e. The van der Waals surface area contributed by atoms with Gasteiger partial charge < -0.3 is 5.11 Å². The van der Waals surface area contributed by atoms with Gasteiger partial charge in [0, 0.05) is 29.4 Å². The summed E-state index contributed by atoms with van der Waals surface area (Å²) in [5.41, 5.74) is 0. The van der Waals surface area contributed by atoms with Gasteiger partial charge in [-0.15, -0.1) is 0 Å². The molecule has 0 saturated heterocycles. The maximum Gasteiger partial charge on any atom is 0.213 e. The van der Waals surface area contributed by atoms with Crippen molar-refractivity contribution in [2.24, 2.45) is 0 Å². The average Bonchev–Trinajstić information content (AvgIpc) is 1.85. The zero-order chi connectivity index (χ0) is 9.61. The number of aliphatic hydroxyl groups is 1. The summed E-state index contributed by atoms with van der Waals surface area (Å²) in [6.07, 6.45) is 1.50. The Morgan fingerprint density at radius 2 is 2.08 bits per heavy atom. The summed E-state index contributed by atoms with van der Waals surface area (Å²) < 4.78 is 34.4. The van der Waals surface area contributed by atoms with Gasteiger partial charge in [0.2, 0.25) is 10.0 Å². The fourth-order valence-corrected chi connectivity index (χ4v) is 1.85. The third-order valence-electron chi connectivity index (χ3n) is 1.07. The van der Waals surface area contributed by atoms with Crippen LogP contribution in [0.25, 0.3) is 0 Å². The normalized spacial score (nSPS) is 14.5. The molecule has 0 aromatic heterocycles. The summed E-state index contributed by atoms with van der Waals surface area (Å²) in [6, 6.07) is 0. The van der Waals surface area contributed by atoms with E-state index in [1.165, 1.54) is 6.26 Å². The minimum atomic E-state index is -3.36. The highest BCUT2D eigenvalue weighted by Crippen LogP contribution is 1.82. The molecule has 0 radical (unpaired) electrons. The number of hydrogen-bond donors (Lipinski definition) is 2. The van der Waals surface area contributed by atoms with E-state index in [9.17, 15) is 12.6 Å². The molecule has 0 aliphatic rings. The lowest BCUT2D eigenvalue weighted by Gasteiger charge is -2.02. The fraction of sp³-hybridized carbons (Fsp3) is 1.00. The zero-order valence-electron chi connectivity index (χ0n) is 6.82. The number of aliphatic hydroxyl groups excluding tert-OH is 1. The standard InChI is InChI=1S/C5H13NO4S2/c1-11(8)4-2-6-12(9,10)5-3-7/h6-7H,2-5H2,1H3. The van der Waals surface area contributed by atoms with Crippen LogP contribution in [0.4, 0.5) is 0 Å². The molecule has 0 aromatic carbocycles. The van der Waals surface area contributed by atoms with Crippen molar-refractivity contribution in [3.63, 3.8) is 0 Å². The fourth-order valence-electron chi connectivity index (χ4n) is 0.533. The van der Waals surface area contributed by atoms with Crippen LogP contribution < -0.4 is 4.72 Å². The number of sulfonamides is 1. The minimum absolute atomic E-state index is 0.158. The van der Waals surface area contributed by atoms with Gasteiger partial charge >= 0.3 is 0 Å². The van der Waals surface area contributed by atoms with Crippen molar-refractivity contribution in [1.29, 1.82) is 0 Å². The van der Waals surface area contributed by atoms with Crippen LogP contribution >= 0.6 is 0 Å². The molecule has 5 nitrogen and oxygen atoms in total. The second kappa shape index (κ2) is 5.63. The zero-order valence-corrected chi connectivity index (χ0v) is 8.45. The highest BCUT2D eigenvalue weighted by atomic mass is 32.2. The molecular formula is C5H13NO4S2. The van der Waals surface area contributed by atoms with E-state index >= 15 is 0 Å². The van der Waals surface area contributed by atoms with Crippen molar-refractivity contribution in [2.45, 2.75) is 0 Å². The van der Waals surface area contributed by atoms with E-state index in [1.807, 2.05) is 0 Å². The first-order valence-corrected chi connectivity index (χ1v) is 6.74. The van der Waals surface area contributed by atoms with Gasteiger partial charge in [0.25, 0.3) is 0 Å². The molecule has 0 fully saturated rings. The predicted molar refractivity (Wildman–Crippen MR) is 47.8 cm³/mol. The van der Waals surface area contributed by atoms with Crippen LogP contribution in [0.5, 0.6) is 0 Å². The van der Waals surface area contributed by atoms with Gasteiger partial charge in [-0.05, 0) is 0 Å². The van der Waals surface area contributed by atoms with Gasteiger partial charge in [-0.25, -0.2) is 13.1 Å². The molecule has 0 rings (SSSR count). The monoisotopic (exact) mass is 215 g/mol. The second-order valence-corrected chi connectivity index (χ2v) is 5.70. The average molecular weight is 215 g/mol. The second-order valence-electron chi connectivity index (χ2n) is 2.21. The molecule has 0 heterocycles. The highest BCUT2D eigenvalue weighted by Gasteiger charge is 2.07. The summed E-state index contributed by atoms with van der Waals surface area (Å²) >= 11 is 0. The maximum atomic E-state index is 10.8. The Morgan fingerprint density at radius 1 is 1.50 bits per heavy atom. The number of hydrogen-bond acceptors (Lipinski definition) is 4. The summed E-state index contributed by atoms with van der Waals surface area (Å²) in [5.74, 6) is -0.00594. The summed E-state index contributed by atoms with van der Waals surface area (Å²) in [5, 5.41) is 8.33. The Balaban J connectivity index is 3.69. The van der Waals surface area contributed by atoms with Gasteiger partial charge in [0.15, 0.2) is 0 Å². The Labute approximate surface area is 74.7 Å². The van der Waals surface area contributed by atoms with Crippen molar-refractivity contribution in [2.75, 3.05) is 30.9 Å². The van der Waals surface area contributed by atoms with Gasteiger partial charge in [-0.2, -0.15) is 0 Å². The van der Waals surface area contributed by atoms with Crippen LogP contribution in [0.1, 0.15) is 0 Å². The van der Waals surface area contributed by atoms with E-state index in [-0.39, 0.29) is 12.3 Å². The first-order valence-electron chi connectivity index (χ1n) is 3.36. The van der Waals surface area contributed by atoms with Gasteiger partial charge in [-0.3, -0.25) is 4.21 Å². The largest absolute Gasteiger partial charge is 0.395 e. The molecule has 0 saturated carbocycles. The lowest BCUT2D eigenvalue weighted by Crippen LogP contribution is -2.30. The molecule has 1 unspecified atom stereocenters. The predicted octanol–water partition coefficient (Wildman–Crippen LogP) is -1.72. The van der Waals surface area contributed by atoms with Gasteiger partial charge in [0.05, 0.1) is 12.4 Å². The van der Waals surface area contributed by atoms with E-state index < -0.39 is 27.4 Å². The number of nitrogens with one attached hydrogen (secondary N) is 1. The molecule has 1 atom stereocenters.